The van der Waals surface area contributed by atoms with Gasteiger partial charge in [-0.3, -0.25) is 4.79 Å². The van der Waals surface area contributed by atoms with Gasteiger partial charge < -0.3 is 9.47 Å². The molecule has 0 radical (unpaired) electrons. The normalized spacial score (nSPS) is 21.7. The van der Waals surface area contributed by atoms with E-state index in [1.54, 1.807) is 24.0 Å². The quantitative estimate of drug-likeness (QED) is 0.639. The standard InChI is InChI=1S/C20H20FNO3S/c21-17-9-13(16-10-19(16)25-12-23)6-7-18(17)24-11-14-3-2-8-22-20(14)26-15-4-1-5-15/h2-3,6-9,12,15-16,19H,1,4-5,10-11H2. The number of thioether (sulfide) groups is 1. The molecule has 4 nitrogen and oxygen atoms in total. The van der Waals surface area contributed by atoms with Crippen LogP contribution >= 0.6 is 11.8 Å². The molecule has 2 aromatic rings. The molecule has 1 aromatic carbocycles. The summed E-state index contributed by atoms with van der Waals surface area (Å²) in [6.45, 7) is 0.741. The van der Waals surface area contributed by atoms with E-state index in [2.05, 4.69) is 4.98 Å². The van der Waals surface area contributed by atoms with Crippen molar-refractivity contribution >= 4 is 18.2 Å². The number of benzene rings is 1. The number of halogens is 1. The molecule has 6 heteroatoms. The van der Waals surface area contributed by atoms with Gasteiger partial charge in [0.1, 0.15) is 17.7 Å². The molecule has 4 rings (SSSR count). The van der Waals surface area contributed by atoms with Crippen LogP contribution in [0.4, 0.5) is 4.39 Å². The summed E-state index contributed by atoms with van der Waals surface area (Å²) in [5.41, 5.74) is 1.82. The lowest BCUT2D eigenvalue weighted by molar-refractivity contribution is -0.129. The van der Waals surface area contributed by atoms with Crippen molar-refractivity contribution in [1.82, 2.24) is 4.98 Å². The lowest BCUT2D eigenvalue weighted by Gasteiger charge is -2.24. The van der Waals surface area contributed by atoms with Crippen molar-refractivity contribution in [1.29, 1.82) is 0 Å². The molecule has 0 bridgehead atoms. The molecule has 1 heterocycles. The fraction of sp³-hybridized carbons (Fsp3) is 0.400. The van der Waals surface area contributed by atoms with Crippen LogP contribution in [0.15, 0.2) is 41.6 Å². The number of aromatic nitrogens is 1. The first-order chi connectivity index (χ1) is 12.7. The second-order valence-corrected chi connectivity index (χ2v) is 8.02. The Bertz CT molecular complexity index is 796. The molecule has 136 valence electrons. The minimum atomic E-state index is -0.392. The van der Waals surface area contributed by atoms with Crippen molar-refractivity contribution in [2.45, 2.75) is 54.6 Å². The third-order valence-electron chi connectivity index (χ3n) is 4.91. The van der Waals surface area contributed by atoms with E-state index in [4.69, 9.17) is 9.47 Å². The Morgan fingerprint density at radius 1 is 1.31 bits per heavy atom. The number of pyridine rings is 1. The predicted octanol–water partition coefficient (Wildman–Crippen LogP) is 4.47. The molecule has 2 saturated carbocycles. The van der Waals surface area contributed by atoms with Crippen LogP contribution in [0.3, 0.4) is 0 Å². The maximum atomic E-state index is 14.4. The predicted molar refractivity (Wildman–Crippen MR) is 96.8 cm³/mol. The molecule has 0 spiro atoms. The van der Waals surface area contributed by atoms with Crippen molar-refractivity contribution in [3.05, 3.63) is 53.5 Å². The number of hydrogen-bond donors (Lipinski definition) is 0. The highest BCUT2D eigenvalue weighted by molar-refractivity contribution is 8.00. The van der Waals surface area contributed by atoms with E-state index >= 15 is 0 Å². The number of nitrogens with zero attached hydrogens (tertiary/aromatic N) is 1. The summed E-state index contributed by atoms with van der Waals surface area (Å²) in [5, 5.41) is 1.61. The number of carbonyl (C=O) groups is 1. The molecular formula is C20H20FNO3S. The molecule has 0 saturated heterocycles. The Kier molecular flexibility index (Phi) is 5.11. The van der Waals surface area contributed by atoms with Gasteiger partial charge >= 0.3 is 0 Å². The molecule has 0 aliphatic heterocycles. The molecule has 1 aromatic heterocycles. The first-order valence-corrected chi connectivity index (χ1v) is 9.74. The second-order valence-electron chi connectivity index (χ2n) is 6.73. The van der Waals surface area contributed by atoms with Gasteiger partial charge in [-0.25, -0.2) is 9.37 Å². The summed E-state index contributed by atoms with van der Waals surface area (Å²) in [6, 6.07) is 8.82. The van der Waals surface area contributed by atoms with E-state index in [9.17, 15) is 9.18 Å². The zero-order valence-electron chi connectivity index (χ0n) is 14.3. The summed E-state index contributed by atoms with van der Waals surface area (Å²) >= 11 is 1.79. The molecular weight excluding hydrogens is 353 g/mol. The van der Waals surface area contributed by atoms with Gasteiger partial charge in [0.2, 0.25) is 0 Å². The van der Waals surface area contributed by atoms with Gasteiger partial charge in [0, 0.05) is 22.9 Å². The number of hydrogen-bond acceptors (Lipinski definition) is 5. The maximum Gasteiger partial charge on any atom is 0.293 e. The Labute approximate surface area is 156 Å². The minimum Gasteiger partial charge on any atom is -0.486 e. The lowest BCUT2D eigenvalue weighted by Crippen LogP contribution is -2.14. The van der Waals surface area contributed by atoms with Crippen LogP contribution in [0.5, 0.6) is 5.75 Å². The van der Waals surface area contributed by atoms with Crippen LogP contribution in [0.1, 0.15) is 42.7 Å². The average Bonchev–Trinajstić information content (AvgIpc) is 3.37. The molecule has 2 aliphatic rings. The van der Waals surface area contributed by atoms with Crippen molar-refractivity contribution in [2.75, 3.05) is 0 Å². The molecule has 26 heavy (non-hydrogen) atoms. The number of ether oxygens (including phenoxy) is 2. The van der Waals surface area contributed by atoms with Crippen LogP contribution in [0.25, 0.3) is 0 Å². The second kappa shape index (κ2) is 7.66. The van der Waals surface area contributed by atoms with Gasteiger partial charge in [0.25, 0.3) is 6.47 Å². The third kappa shape index (κ3) is 3.85. The Morgan fingerprint density at radius 2 is 2.19 bits per heavy atom. The average molecular weight is 373 g/mol. The summed E-state index contributed by atoms with van der Waals surface area (Å²) in [4.78, 5) is 14.8. The van der Waals surface area contributed by atoms with E-state index in [0.717, 1.165) is 22.6 Å². The van der Waals surface area contributed by atoms with E-state index in [1.165, 1.54) is 25.3 Å². The van der Waals surface area contributed by atoms with Crippen LogP contribution < -0.4 is 4.74 Å². The molecule has 2 aliphatic carbocycles. The van der Waals surface area contributed by atoms with Crippen LogP contribution in [-0.4, -0.2) is 22.8 Å². The van der Waals surface area contributed by atoms with Crippen molar-refractivity contribution < 1.29 is 18.7 Å². The fourth-order valence-electron chi connectivity index (χ4n) is 3.05. The number of rotatable bonds is 8. The molecule has 0 N–H and O–H groups in total. The smallest absolute Gasteiger partial charge is 0.293 e. The molecule has 2 fully saturated rings. The first-order valence-electron chi connectivity index (χ1n) is 8.86. The monoisotopic (exact) mass is 373 g/mol. The van der Waals surface area contributed by atoms with E-state index in [-0.39, 0.29) is 17.8 Å². The highest BCUT2D eigenvalue weighted by Crippen LogP contribution is 2.44. The van der Waals surface area contributed by atoms with E-state index in [1.807, 2.05) is 18.2 Å². The fourth-order valence-corrected chi connectivity index (χ4v) is 4.34. The Hall–Kier alpha value is -2.08. The molecule has 2 atom stereocenters. The van der Waals surface area contributed by atoms with Gasteiger partial charge in [-0.15, -0.1) is 11.8 Å². The van der Waals surface area contributed by atoms with Crippen molar-refractivity contribution in [2.24, 2.45) is 0 Å². The Balaban J connectivity index is 1.40. The number of carbonyl (C=O) groups excluding carboxylic acids is 1. The third-order valence-corrected chi connectivity index (χ3v) is 6.31. The molecule has 0 amide bonds. The highest BCUT2D eigenvalue weighted by Gasteiger charge is 2.40. The van der Waals surface area contributed by atoms with Gasteiger partial charge in [-0.2, -0.15) is 0 Å². The van der Waals surface area contributed by atoms with Crippen molar-refractivity contribution in [3.63, 3.8) is 0 Å². The van der Waals surface area contributed by atoms with Gasteiger partial charge in [0.15, 0.2) is 11.6 Å². The lowest BCUT2D eigenvalue weighted by atomic mass is 10.0. The summed E-state index contributed by atoms with van der Waals surface area (Å²) in [5.74, 6) is -0.0744. The van der Waals surface area contributed by atoms with E-state index < -0.39 is 5.82 Å². The maximum absolute atomic E-state index is 14.4. The van der Waals surface area contributed by atoms with Gasteiger partial charge in [-0.1, -0.05) is 18.6 Å². The topological polar surface area (TPSA) is 48.4 Å². The van der Waals surface area contributed by atoms with E-state index in [0.29, 0.717) is 18.3 Å². The molecule has 2 unspecified atom stereocenters. The van der Waals surface area contributed by atoms with Crippen LogP contribution in [-0.2, 0) is 16.1 Å². The largest absolute Gasteiger partial charge is 0.486 e. The highest BCUT2D eigenvalue weighted by atomic mass is 32.2. The minimum absolute atomic E-state index is 0.0903. The van der Waals surface area contributed by atoms with Crippen LogP contribution in [0.2, 0.25) is 0 Å². The summed E-state index contributed by atoms with van der Waals surface area (Å²) in [6.07, 6.45) is 6.15. The Morgan fingerprint density at radius 3 is 2.92 bits per heavy atom. The first kappa shape index (κ1) is 17.3. The summed E-state index contributed by atoms with van der Waals surface area (Å²) in [7, 11) is 0. The summed E-state index contributed by atoms with van der Waals surface area (Å²) < 4.78 is 25.0. The zero-order valence-corrected chi connectivity index (χ0v) is 15.1. The SMILES string of the molecule is O=COC1CC1c1ccc(OCc2cccnc2SC2CCC2)c(F)c1. The van der Waals surface area contributed by atoms with Gasteiger partial charge in [0.05, 0.1) is 0 Å². The van der Waals surface area contributed by atoms with Crippen LogP contribution in [0, 0.1) is 5.82 Å². The van der Waals surface area contributed by atoms with Crippen molar-refractivity contribution in [3.8, 4) is 5.75 Å². The zero-order chi connectivity index (χ0) is 17.9. The van der Waals surface area contributed by atoms with Gasteiger partial charge in [-0.05, 0) is 43.0 Å².